The highest BCUT2D eigenvalue weighted by Crippen LogP contribution is 2.39. The molecule has 1 unspecified atom stereocenters. The minimum absolute atomic E-state index is 0.00334. The average molecular weight is 825 g/mol. The Kier molecular flexibility index (Phi) is 19.9. The molecule has 0 amide bonds. The molecule has 0 radical (unpaired) electrons. The van der Waals surface area contributed by atoms with Crippen LogP contribution in [-0.4, -0.2) is 95.1 Å². The van der Waals surface area contributed by atoms with Crippen LogP contribution in [0.1, 0.15) is 50.8 Å². The first kappa shape index (κ1) is 46.1. The number of benzene rings is 2. The van der Waals surface area contributed by atoms with Crippen molar-refractivity contribution in [3.63, 3.8) is 0 Å². The third-order valence-corrected chi connectivity index (χ3v) is 11.4. The normalized spacial score (nSPS) is 15.8. The highest BCUT2D eigenvalue weighted by Gasteiger charge is 2.40. The van der Waals surface area contributed by atoms with Gasteiger partial charge in [0.25, 0.3) is 0 Å². The lowest BCUT2D eigenvalue weighted by atomic mass is 10.1. The highest BCUT2D eigenvalue weighted by atomic mass is 35.5. The minimum Gasteiger partial charge on any atom is -0.466 e. The molecule has 1 heterocycles. The van der Waals surface area contributed by atoms with Crippen LogP contribution in [-0.2, 0) is 44.9 Å². The molecule has 284 valence electrons. The maximum atomic E-state index is 12.9. The van der Waals surface area contributed by atoms with Crippen molar-refractivity contribution in [3.05, 3.63) is 61.0 Å². The van der Waals surface area contributed by atoms with Gasteiger partial charge in [0, 0.05) is 47.8 Å². The smallest absolute Gasteiger partial charge is 0.321 e. The first-order chi connectivity index (χ1) is 23.2. The zero-order valence-corrected chi connectivity index (χ0v) is 33.6. The fraction of sp³-hybridized carbons (Fsp3) is 0.562. The van der Waals surface area contributed by atoms with Crippen molar-refractivity contribution in [2.45, 2.75) is 53.7 Å². The topological polar surface area (TPSA) is 168 Å². The van der Waals surface area contributed by atoms with Gasteiger partial charge in [-0.05, 0) is 69.0 Å². The summed E-state index contributed by atoms with van der Waals surface area (Å²) in [6.45, 7) is 11.4. The SMILES string of the molecule is CC(CO)CO.CCOC(=O)CCS(=O)(=O)Cc1c(Cl)cc(C)cc1Cl.CCOC(=O)CN1CC(C)CN(c2c(Cl)cc(C)cc2Cl)S1(=O)=O. The number of halogens is 4. The number of nitrogens with zero attached hydrogens (tertiary/aromatic N) is 2. The van der Waals surface area contributed by atoms with E-state index in [0.29, 0.717) is 15.6 Å². The number of aliphatic hydroxyl groups excluding tert-OH is 2. The summed E-state index contributed by atoms with van der Waals surface area (Å²) in [6.07, 6.45) is -0.169. The molecule has 0 bridgehead atoms. The van der Waals surface area contributed by atoms with Gasteiger partial charge in [-0.1, -0.05) is 60.3 Å². The molecule has 1 atom stereocenters. The number of aliphatic hydroxyl groups is 2. The second-order valence-electron chi connectivity index (χ2n) is 11.6. The van der Waals surface area contributed by atoms with Crippen LogP contribution >= 0.6 is 46.4 Å². The number of aryl methyl sites for hydroxylation is 2. The zero-order valence-electron chi connectivity index (χ0n) is 28.9. The fourth-order valence-corrected chi connectivity index (χ4v) is 9.36. The van der Waals surface area contributed by atoms with E-state index in [1.165, 1.54) is 4.31 Å². The number of sulfone groups is 1. The third-order valence-electron chi connectivity index (χ3n) is 6.81. The van der Waals surface area contributed by atoms with E-state index in [4.69, 9.17) is 66.1 Å². The fourth-order valence-electron chi connectivity index (χ4n) is 4.34. The van der Waals surface area contributed by atoms with E-state index in [1.54, 1.807) is 45.0 Å². The number of ether oxygens (including phenoxy) is 2. The van der Waals surface area contributed by atoms with Crippen LogP contribution in [0.15, 0.2) is 24.3 Å². The van der Waals surface area contributed by atoms with Crippen molar-refractivity contribution in [2.24, 2.45) is 11.8 Å². The maximum absolute atomic E-state index is 12.9. The summed E-state index contributed by atoms with van der Waals surface area (Å²) in [7, 11) is -7.40. The Morgan fingerprint density at radius 2 is 1.34 bits per heavy atom. The van der Waals surface area contributed by atoms with Crippen molar-refractivity contribution in [2.75, 3.05) is 56.1 Å². The van der Waals surface area contributed by atoms with Gasteiger partial charge in [0.05, 0.1) is 46.9 Å². The molecule has 12 nitrogen and oxygen atoms in total. The van der Waals surface area contributed by atoms with Gasteiger partial charge in [-0.2, -0.15) is 12.7 Å². The van der Waals surface area contributed by atoms with Crippen LogP contribution in [0.25, 0.3) is 0 Å². The summed E-state index contributed by atoms with van der Waals surface area (Å²) >= 11 is 24.5. The number of rotatable bonds is 12. The summed E-state index contributed by atoms with van der Waals surface area (Å²) in [5.74, 6) is -1.65. The quantitative estimate of drug-likeness (QED) is 0.256. The minimum atomic E-state index is -3.92. The molecular weight excluding hydrogens is 778 g/mol. The second kappa shape index (κ2) is 21.6. The van der Waals surface area contributed by atoms with Gasteiger partial charge in [-0.25, -0.2) is 8.42 Å². The van der Waals surface area contributed by atoms with Crippen LogP contribution in [0.3, 0.4) is 0 Å². The molecule has 1 fully saturated rings. The van der Waals surface area contributed by atoms with Crippen LogP contribution in [0.4, 0.5) is 5.69 Å². The Bertz CT molecular complexity index is 1610. The number of esters is 2. The molecule has 2 aromatic rings. The van der Waals surface area contributed by atoms with Crippen LogP contribution in [0.2, 0.25) is 20.1 Å². The molecule has 50 heavy (non-hydrogen) atoms. The van der Waals surface area contributed by atoms with E-state index in [1.807, 2.05) is 20.8 Å². The van der Waals surface area contributed by atoms with Gasteiger partial charge in [-0.15, -0.1) is 0 Å². The van der Waals surface area contributed by atoms with Crippen molar-refractivity contribution in [1.82, 2.24) is 4.31 Å². The van der Waals surface area contributed by atoms with Crippen LogP contribution < -0.4 is 4.31 Å². The van der Waals surface area contributed by atoms with Gasteiger partial charge < -0.3 is 19.7 Å². The van der Waals surface area contributed by atoms with Gasteiger partial charge in [0.15, 0.2) is 9.84 Å². The lowest BCUT2D eigenvalue weighted by Gasteiger charge is -2.39. The van der Waals surface area contributed by atoms with Crippen LogP contribution in [0, 0.1) is 25.7 Å². The number of hydrogen-bond acceptors (Lipinski definition) is 10. The van der Waals surface area contributed by atoms with E-state index in [-0.39, 0.29) is 91.6 Å². The van der Waals surface area contributed by atoms with E-state index >= 15 is 0 Å². The zero-order chi connectivity index (χ0) is 38.4. The summed E-state index contributed by atoms with van der Waals surface area (Å²) < 4.78 is 61.6. The molecule has 1 saturated heterocycles. The lowest BCUT2D eigenvalue weighted by molar-refractivity contribution is -0.144. The first-order valence-electron chi connectivity index (χ1n) is 15.6. The molecule has 0 spiro atoms. The Labute approximate surface area is 315 Å². The largest absolute Gasteiger partial charge is 0.466 e. The van der Waals surface area contributed by atoms with Gasteiger partial charge in [0.2, 0.25) is 0 Å². The summed E-state index contributed by atoms with van der Waals surface area (Å²) in [5.41, 5.74) is 2.29. The van der Waals surface area contributed by atoms with Gasteiger partial charge in [0.1, 0.15) is 6.54 Å². The molecule has 0 aliphatic carbocycles. The Balaban J connectivity index is 0.000000435. The lowest BCUT2D eigenvalue weighted by Crippen LogP contribution is -2.54. The molecule has 2 N–H and O–H groups in total. The number of hydrogen-bond donors (Lipinski definition) is 2. The summed E-state index contributed by atoms with van der Waals surface area (Å²) in [6, 6.07) is 6.63. The van der Waals surface area contributed by atoms with E-state index in [2.05, 4.69) is 0 Å². The standard InChI is InChI=1S/C15H20Cl2N2O4S.C13H16Cl2O4S.C4H10O2/c1-4-23-14(20)9-18-7-11(3)8-19(24(18,21)22)15-12(16)5-10(2)6-13(15)17;1-3-19-13(16)4-5-20(17,18)8-10-11(14)6-9(2)7-12(10)15;1-4(2-5)3-6/h5-6,11H,4,7-9H2,1-3H3;6-7H,3-5,8H2,1-2H3;4-6H,2-3H2,1H3. The Morgan fingerprint density at radius 1 is 0.880 bits per heavy atom. The van der Waals surface area contributed by atoms with E-state index < -0.39 is 32.0 Å². The molecule has 0 aromatic heterocycles. The van der Waals surface area contributed by atoms with Crippen molar-refractivity contribution < 1.29 is 46.1 Å². The third kappa shape index (κ3) is 15.0. The van der Waals surface area contributed by atoms with Crippen molar-refractivity contribution >= 4 is 84.1 Å². The molecule has 18 heteroatoms. The van der Waals surface area contributed by atoms with Gasteiger partial charge >= 0.3 is 22.1 Å². The second-order valence-corrected chi connectivity index (χ2v) is 17.3. The summed E-state index contributed by atoms with van der Waals surface area (Å²) in [5, 5.41) is 17.5. The predicted molar refractivity (Wildman–Crippen MR) is 198 cm³/mol. The monoisotopic (exact) mass is 822 g/mol. The van der Waals surface area contributed by atoms with Gasteiger partial charge in [-0.3, -0.25) is 13.9 Å². The number of anilines is 1. The first-order valence-corrected chi connectivity index (χ1v) is 20.4. The Morgan fingerprint density at radius 3 is 1.78 bits per heavy atom. The number of carbonyl (C=O) groups excluding carboxylic acids is 2. The molecular formula is C32H46Cl4N2O10S2. The van der Waals surface area contributed by atoms with E-state index in [9.17, 15) is 26.4 Å². The molecule has 1 aliphatic rings. The molecule has 2 aromatic carbocycles. The highest BCUT2D eigenvalue weighted by molar-refractivity contribution is 7.90. The summed E-state index contributed by atoms with van der Waals surface area (Å²) in [4.78, 5) is 22.9. The van der Waals surface area contributed by atoms with E-state index in [0.717, 1.165) is 15.4 Å². The van der Waals surface area contributed by atoms with Crippen molar-refractivity contribution in [1.29, 1.82) is 0 Å². The maximum Gasteiger partial charge on any atom is 0.321 e. The molecule has 1 aliphatic heterocycles. The Hall–Kier alpha value is -1.88. The molecule has 3 rings (SSSR count). The van der Waals surface area contributed by atoms with Crippen molar-refractivity contribution in [3.8, 4) is 0 Å². The predicted octanol–water partition coefficient (Wildman–Crippen LogP) is 5.64. The number of carbonyl (C=O) groups is 2. The average Bonchev–Trinajstić information content (AvgIpc) is 3.00. The molecule has 0 saturated carbocycles. The van der Waals surface area contributed by atoms with Crippen LogP contribution in [0.5, 0.6) is 0 Å².